The van der Waals surface area contributed by atoms with Gasteiger partial charge in [-0.1, -0.05) is 182 Å². The summed E-state index contributed by atoms with van der Waals surface area (Å²) < 4.78 is 16.6. The first-order valence-electron chi connectivity index (χ1n) is 24.4. The van der Waals surface area contributed by atoms with Crippen LogP contribution in [0.25, 0.3) is 0 Å². The van der Waals surface area contributed by atoms with Crippen LogP contribution in [-0.2, 0) is 28.6 Å². The van der Waals surface area contributed by atoms with Gasteiger partial charge in [-0.25, -0.2) is 0 Å². The monoisotopic (exact) mass is 845 g/mol. The summed E-state index contributed by atoms with van der Waals surface area (Å²) in [5.41, 5.74) is 0. The number of allylic oxidation sites excluding steroid dienone is 18. The Morgan fingerprint density at radius 1 is 0.344 bits per heavy atom. The number of carbonyl (C=O) groups is 3. The average molecular weight is 845 g/mol. The van der Waals surface area contributed by atoms with Crippen LogP contribution in [0.4, 0.5) is 0 Å². The molecule has 0 radical (unpaired) electrons. The molecule has 0 aliphatic carbocycles. The molecule has 1 unspecified atom stereocenters. The van der Waals surface area contributed by atoms with E-state index in [1.165, 1.54) is 64.2 Å². The molecule has 0 aromatic heterocycles. The minimum atomic E-state index is -0.823. The van der Waals surface area contributed by atoms with E-state index in [-0.39, 0.29) is 37.5 Å². The second-order valence-electron chi connectivity index (χ2n) is 15.6. The van der Waals surface area contributed by atoms with E-state index in [2.05, 4.69) is 118 Å². The predicted molar refractivity (Wildman–Crippen MR) is 260 cm³/mol. The van der Waals surface area contributed by atoms with Crippen molar-refractivity contribution in [2.45, 2.75) is 207 Å². The van der Waals surface area contributed by atoms with Crippen LogP contribution in [-0.4, -0.2) is 37.2 Å². The maximum Gasteiger partial charge on any atom is 0.306 e. The van der Waals surface area contributed by atoms with Crippen molar-refractivity contribution in [1.29, 1.82) is 0 Å². The molecule has 0 amide bonds. The van der Waals surface area contributed by atoms with Gasteiger partial charge in [0.1, 0.15) is 13.2 Å². The third kappa shape index (κ3) is 47.0. The van der Waals surface area contributed by atoms with E-state index in [9.17, 15) is 14.4 Å². The van der Waals surface area contributed by atoms with Crippen LogP contribution >= 0.6 is 0 Å². The molecule has 0 aliphatic rings. The van der Waals surface area contributed by atoms with Gasteiger partial charge in [-0.05, 0) is 109 Å². The van der Waals surface area contributed by atoms with Gasteiger partial charge in [0, 0.05) is 19.3 Å². The normalized spacial score (nSPS) is 13.0. The first-order valence-corrected chi connectivity index (χ1v) is 24.4. The number of hydrogen-bond acceptors (Lipinski definition) is 6. The summed E-state index contributed by atoms with van der Waals surface area (Å²) in [7, 11) is 0. The highest BCUT2D eigenvalue weighted by Crippen LogP contribution is 2.13. The van der Waals surface area contributed by atoms with E-state index in [1.54, 1.807) is 0 Å². The first kappa shape index (κ1) is 57.1. The van der Waals surface area contributed by atoms with Crippen molar-refractivity contribution in [3.63, 3.8) is 0 Å². The Labute approximate surface area is 374 Å². The second-order valence-corrected chi connectivity index (χ2v) is 15.6. The van der Waals surface area contributed by atoms with Gasteiger partial charge in [0.25, 0.3) is 0 Å². The van der Waals surface area contributed by atoms with E-state index in [1.807, 2.05) is 12.2 Å². The van der Waals surface area contributed by atoms with Crippen molar-refractivity contribution in [1.82, 2.24) is 0 Å². The van der Waals surface area contributed by atoms with Gasteiger partial charge in [0.05, 0.1) is 0 Å². The zero-order chi connectivity index (χ0) is 44.4. The number of hydrogen-bond donors (Lipinski definition) is 0. The number of carbonyl (C=O) groups excluding carboxylic acids is 3. The molecule has 344 valence electrons. The summed E-state index contributed by atoms with van der Waals surface area (Å²) in [6.45, 7) is 6.26. The van der Waals surface area contributed by atoms with Gasteiger partial charge in [-0.3, -0.25) is 14.4 Å². The number of rotatable bonds is 42. The molecule has 0 saturated carbocycles. The van der Waals surface area contributed by atoms with E-state index < -0.39 is 6.10 Å². The van der Waals surface area contributed by atoms with Crippen molar-refractivity contribution in [2.24, 2.45) is 0 Å². The van der Waals surface area contributed by atoms with Crippen molar-refractivity contribution in [3.05, 3.63) is 109 Å². The molecular weight excluding hydrogens is 757 g/mol. The summed E-state index contributed by atoms with van der Waals surface area (Å²) in [6, 6.07) is 0. The Morgan fingerprint density at radius 3 is 1.15 bits per heavy atom. The molecule has 0 fully saturated rings. The van der Waals surface area contributed by atoms with E-state index >= 15 is 0 Å². The molecule has 0 aliphatic heterocycles. The number of ether oxygens (including phenoxy) is 3. The van der Waals surface area contributed by atoms with Gasteiger partial charge >= 0.3 is 17.9 Å². The Kier molecular flexibility index (Phi) is 45.6. The number of unbranched alkanes of at least 4 members (excludes halogenated alkanes) is 13. The summed E-state index contributed by atoms with van der Waals surface area (Å²) in [5.74, 6) is -1.06. The molecule has 6 nitrogen and oxygen atoms in total. The van der Waals surface area contributed by atoms with Gasteiger partial charge in [0.2, 0.25) is 0 Å². The molecule has 0 aromatic carbocycles. The van der Waals surface area contributed by atoms with Crippen LogP contribution < -0.4 is 0 Å². The fourth-order valence-electron chi connectivity index (χ4n) is 6.15. The minimum absolute atomic E-state index is 0.122. The summed E-state index contributed by atoms with van der Waals surface area (Å²) in [5, 5.41) is 0. The minimum Gasteiger partial charge on any atom is -0.462 e. The lowest BCUT2D eigenvalue weighted by Crippen LogP contribution is -2.30. The van der Waals surface area contributed by atoms with Gasteiger partial charge in [-0.2, -0.15) is 0 Å². The molecule has 61 heavy (non-hydrogen) atoms. The third-order valence-electron chi connectivity index (χ3n) is 9.76. The third-order valence-corrected chi connectivity index (χ3v) is 9.76. The SMILES string of the molecule is CC/C=C\C/C=C\C/C=C\C/C=C\C/C=C\C/C=C\CCC(=O)OCC(COC(=O)CCCC/C=C\C/C=C\CC)OC(=O)CCCCCCCCC/C=C\CCCCCC. The fraction of sp³-hybridized carbons (Fsp3) is 0.618. The van der Waals surface area contributed by atoms with E-state index in [0.29, 0.717) is 19.3 Å². The van der Waals surface area contributed by atoms with Crippen LogP contribution in [0, 0.1) is 0 Å². The summed E-state index contributed by atoms with van der Waals surface area (Å²) in [4.78, 5) is 37.8. The standard InChI is InChI=1S/C55H88O6/c1-4-7-10-13-16-19-21-23-25-26-27-28-30-31-33-36-39-42-45-48-54(57)60-51-52(50-59-53(56)47-44-41-38-35-18-15-12-9-6-3)61-55(58)49-46-43-40-37-34-32-29-24-22-20-17-14-11-8-5-2/h7,9-10,12,16,18-20,22-23,25,27-28,31,33,35,39,42,52H,4-6,8,11,13-15,17,21,24,26,29-30,32,34,36-38,40-41,43-51H2,1-3H3/b10-7-,12-9-,19-16-,22-20-,25-23-,28-27-,33-31-,35-18-,42-39-. The van der Waals surface area contributed by atoms with Crippen LogP contribution in [0.1, 0.15) is 201 Å². The summed E-state index contributed by atoms with van der Waals surface area (Å²) in [6.07, 6.45) is 65.2. The largest absolute Gasteiger partial charge is 0.462 e. The molecule has 0 heterocycles. The Balaban J connectivity index is 4.50. The van der Waals surface area contributed by atoms with Gasteiger partial charge in [0.15, 0.2) is 6.10 Å². The predicted octanol–water partition coefficient (Wildman–Crippen LogP) is 16.0. The molecule has 0 saturated heterocycles. The molecule has 1 atom stereocenters. The molecular formula is C55H88O6. The molecule has 0 bridgehead atoms. The maximum atomic E-state index is 12.7. The first-order chi connectivity index (χ1) is 30.0. The average Bonchev–Trinajstić information content (AvgIpc) is 3.26. The quantitative estimate of drug-likeness (QED) is 0.0264. The van der Waals surface area contributed by atoms with Crippen molar-refractivity contribution in [2.75, 3.05) is 13.2 Å². The zero-order valence-electron chi connectivity index (χ0n) is 39.1. The molecule has 6 heteroatoms. The Hall–Kier alpha value is -3.93. The van der Waals surface area contributed by atoms with Crippen molar-refractivity contribution >= 4 is 17.9 Å². The van der Waals surface area contributed by atoms with Crippen molar-refractivity contribution < 1.29 is 28.6 Å². The summed E-state index contributed by atoms with van der Waals surface area (Å²) >= 11 is 0. The Bertz CT molecular complexity index is 1290. The topological polar surface area (TPSA) is 78.9 Å². The van der Waals surface area contributed by atoms with E-state index in [0.717, 1.165) is 89.9 Å². The smallest absolute Gasteiger partial charge is 0.306 e. The fourth-order valence-corrected chi connectivity index (χ4v) is 6.15. The van der Waals surface area contributed by atoms with Gasteiger partial charge < -0.3 is 14.2 Å². The lowest BCUT2D eigenvalue weighted by atomic mass is 10.1. The van der Waals surface area contributed by atoms with E-state index in [4.69, 9.17) is 14.2 Å². The van der Waals surface area contributed by atoms with Crippen molar-refractivity contribution in [3.8, 4) is 0 Å². The maximum absolute atomic E-state index is 12.7. The highest BCUT2D eigenvalue weighted by molar-refractivity contribution is 5.71. The number of esters is 3. The van der Waals surface area contributed by atoms with Crippen LogP contribution in [0.5, 0.6) is 0 Å². The highest BCUT2D eigenvalue weighted by atomic mass is 16.6. The molecule has 0 aromatic rings. The second kappa shape index (κ2) is 48.7. The molecule has 0 N–H and O–H groups in total. The zero-order valence-corrected chi connectivity index (χ0v) is 39.1. The Morgan fingerprint density at radius 2 is 0.672 bits per heavy atom. The lowest BCUT2D eigenvalue weighted by molar-refractivity contribution is -0.166. The van der Waals surface area contributed by atoms with Crippen LogP contribution in [0.2, 0.25) is 0 Å². The van der Waals surface area contributed by atoms with Crippen LogP contribution in [0.3, 0.4) is 0 Å². The van der Waals surface area contributed by atoms with Crippen LogP contribution in [0.15, 0.2) is 109 Å². The molecule has 0 rings (SSSR count). The van der Waals surface area contributed by atoms with Gasteiger partial charge in [-0.15, -0.1) is 0 Å². The highest BCUT2D eigenvalue weighted by Gasteiger charge is 2.19. The molecule has 0 spiro atoms. The lowest BCUT2D eigenvalue weighted by Gasteiger charge is -2.18.